The second kappa shape index (κ2) is 10.8. The molecule has 10 nitrogen and oxygen atoms in total. The number of carbonyl (C=O) groups is 2. The standard InChI is InChI=1S/C27H27FN6O4/c1-17-9-14-23(38-17)26-30-32-33(31-26)16-24(36)34(21-8-4-5-19(28)15-21)25(18-10-12-22(35)13-11-18)27(37)29-20-6-2-3-7-20/h4-5,8-15,20,25,35H,2-3,6-7,16H2,1H3,(H,29,37)/t25-/m0/s1. The lowest BCUT2D eigenvalue weighted by atomic mass is 10.0. The summed E-state index contributed by atoms with van der Waals surface area (Å²) >= 11 is 0. The Morgan fingerprint density at radius 1 is 1.16 bits per heavy atom. The normalized spacial score (nSPS) is 14.4. The number of furan rings is 1. The van der Waals surface area contributed by atoms with E-state index in [1.807, 2.05) is 0 Å². The predicted octanol–water partition coefficient (Wildman–Crippen LogP) is 3.92. The molecule has 2 aromatic carbocycles. The molecular weight excluding hydrogens is 491 g/mol. The molecule has 2 heterocycles. The minimum Gasteiger partial charge on any atom is -0.508 e. The van der Waals surface area contributed by atoms with Crippen molar-refractivity contribution in [3.8, 4) is 17.3 Å². The van der Waals surface area contributed by atoms with Gasteiger partial charge in [-0.15, -0.1) is 10.2 Å². The fourth-order valence-electron chi connectivity index (χ4n) is 4.65. The number of hydrogen-bond donors (Lipinski definition) is 2. The molecular formula is C27H27FN6O4. The highest BCUT2D eigenvalue weighted by Gasteiger charge is 2.35. The van der Waals surface area contributed by atoms with Gasteiger partial charge in [-0.3, -0.25) is 14.5 Å². The van der Waals surface area contributed by atoms with Crippen molar-refractivity contribution in [3.05, 3.63) is 77.8 Å². The highest BCUT2D eigenvalue weighted by atomic mass is 19.1. The van der Waals surface area contributed by atoms with Crippen molar-refractivity contribution in [2.45, 2.75) is 51.2 Å². The van der Waals surface area contributed by atoms with Crippen LogP contribution in [0.5, 0.6) is 5.75 Å². The van der Waals surface area contributed by atoms with Gasteiger partial charge in [0.15, 0.2) is 5.76 Å². The van der Waals surface area contributed by atoms with Crippen LogP contribution in [0.15, 0.2) is 65.1 Å². The van der Waals surface area contributed by atoms with Crippen LogP contribution < -0.4 is 10.2 Å². The molecule has 1 atom stereocenters. The number of phenols is 1. The van der Waals surface area contributed by atoms with E-state index in [-0.39, 0.29) is 29.8 Å². The first-order valence-corrected chi connectivity index (χ1v) is 12.4. The van der Waals surface area contributed by atoms with Crippen molar-refractivity contribution in [1.82, 2.24) is 25.5 Å². The van der Waals surface area contributed by atoms with Crippen LogP contribution in [0, 0.1) is 12.7 Å². The van der Waals surface area contributed by atoms with E-state index in [4.69, 9.17) is 4.42 Å². The molecule has 4 aromatic rings. The maximum Gasteiger partial charge on any atom is 0.251 e. The molecule has 2 aromatic heterocycles. The monoisotopic (exact) mass is 518 g/mol. The van der Waals surface area contributed by atoms with Gasteiger partial charge in [-0.1, -0.05) is 31.0 Å². The number of benzene rings is 2. The molecule has 196 valence electrons. The maximum absolute atomic E-state index is 14.3. The number of aromatic hydroxyl groups is 1. The fraction of sp³-hybridized carbons (Fsp3) is 0.296. The zero-order valence-corrected chi connectivity index (χ0v) is 20.7. The number of aryl methyl sites for hydroxylation is 1. The molecule has 0 saturated heterocycles. The minimum atomic E-state index is -1.14. The van der Waals surface area contributed by atoms with Crippen LogP contribution in [0.2, 0.25) is 0 Å². The summed E-state index contributed by atoms with van der Waals surface area (Å²) in [6.07, 6.45) is 3.72. The van der Waals surface area contributed by atoms with Crippen molar-refractivity contribution in [2.24, 2.45) is 0 Å². The number of anilines is 1. The van der Waals surface area contributed by atoms with Crippen molar-refractivity contribution >= 4 is 17.5 Å². The highest BCUT2D eigenvalue weighted by Crippen LogP contribution is 2.31. The highest BCUT2D eigenvalue weighted by molar-refractivity contribution is 6.01. The van der Waals surface area contributed by atoms with Crippen molar-refractivity contribution in [3.63, 3.8) is 0 Å². The first-order valence-electron chi connectivity index (χ1n) is 12.4. The second-order valence-corrected chi connectivity index (χ2v) is 9.28. The van der Waals surface area contributed by atoms with E-state index in [1.165, 1.54) is 35.2 Å². The smallest absolute Gasteiger partial charge is 0.251 e. The van der Waals surface area contributed by atoms with Gasteiger partial charge >= 0.3 is 0 Å². The van der Waals surface area contributed by atoms with Crippen molar-refractivity contribution in [2.75, 3.05) is 4.90 Å². The minimum absolute atomic E-state index is 0.0112. The first-order chi connectivity index (χ1) is 18.4. The van der Waals surface area contributed by atoms with E-state index in [1.54, 1.807) is 37.3 Å². The lowest BCUT2D eigenvalue weighted by molar-refractivity contribution is -0.127. The number of nitrogens with one attached hydrogen (secondary N) is 1. The molecule has 0 bridgehead atoms. The summed E-state index contributed by atoms with van der Waals surface area (Å²) in [5.74, 6) is -0.225. The summed E-state index contributed by atoms with van der Waals surface area (Å²) in [5.41, 5.74) is 0.644. The third kappa shape index (κ3) is 5.56. The fourth-order valence-corrected chi connectivity index (χ4v) is 4.65. The Kier molecular flexibility index (Phi) is 7.16. The zero-order valence-electron chi connectivity index (χ0n) is 20.7. The van der Waals surface area contributed by atoms with E-state index in [0.29, 0.717) is 17.1 Å². The second-order valence-electron chi connectivity index (χ2n) is 9.28. The lowest BCUT2D eigenvalue weighted by Gasteiger charge is -2.32. The Hall–Kier alpha value is -4.54. The van der Waals surface area contributed by atoms with Crippen LogP contribution in [0.3, 0.4) is 0 Å². The lowest BCUT2D eigenvalue weighted by Crippen LogP contribution is -2.47. The SMILES string of the molecule is Cc1ccc(-c2nnn(CC(=O)N(c3cccc(F)c3)[C@H](C(=O)NC3CCCC3)c3ccc(O)cc3)n2)o1. The Balaban J connectivity index is 1.51. The van der Waals surface area contributed by atoms with E-state index in [0.717, 1.165) is 30.5 Å². The Bertz CT molecular complexity index is 1430. The summed E-state index contributed by atoms with van der Waals surface area (Å²) in [7, 11) is 0. The molecule has 1 aliphatic rings. The Morgan fingerprint density at radius 3 is 2.61 bits per heavy atom. The molecule has 1 fully saturated rings. The number of nitrogens with zero attached hydrogens (tertiary/aromatic N) is 5. The van der Waals surface area contributed by atoms with E-state index >= 15 is 0 Å². The summed E-state index contributed by atoms with van der Waals surface area (Å²) in [5, 5.41) is 25.1. The predicted molar refractivity (Wildman–Crippen MR) is 135 cm³/mol. The number of hydrogen-bond acceptors (Lipinski definition) is 7. The summed E-state index contributed by atoms with van der Waals surface area (Å²) in [6.45, 7) is 1.42. The summed E-state index contributed by atoms with van der Waals surface area (Å²) < 4.78 is 19.9. The van der Waals surface area contributed by atoms with Crippen LogP contribution in [0.4, 0.5) is 10.1 Å². The number of halogens is 1. The van der Waals surface area contributed by atoms with Crippen LogP contribution in [0.1, 0.15) is 43.0 Å². The Morgan fingerprint density at radius 2 is 1.92 bits per heavy atom. The number of amides is 2. The molecule has 0 spiro atoms. The average molecular weight is 519 g/mol. The van der Waals surface area contributed by atoms with Crippen LogP contribution in [-0.2, 0) is 16.1 Å². The van der Waals surface area contributed by atoms with Crippen LogP contribution >= 0.6 is 0 Å². The molecule has 11 heteroatoms. The van der Waals surface area contributed by atoms with Crippen molar-refractivity contribution in [1.29, 1.82) is 0 Å². The quantitative estimate of drug-likeness (QED) is 0.362. The zero-order chi connectivity index (χ0) is 26.6. The number of carbonyl (C=O) groups excluding carboxylic acids is 2. The van der Waals surface area contributed by atoms with Gasteiger partial charge in [0.1, 0.15) is 29.9 Å². The third-order valence-corrected chi connectivity index (χ3v) is 6.46. The number of aromatic nitrogens is 4. The van der Waals surface area contributed by atoms with Gasteiger partial charge in [0, 0.05) is 11.7 Å². The van der Waals surface area contributed by atoms with Gasteiger partial charge < -0.3 is 14.8 Å². The van der Waals surface area contributed by atoms with Crippen LogP contribution in [-0.4, -0.2) is 43.2 Å². The summed E-state index contributed by atoms with van der Waals surface area (Å²) in [6, 6.07) is 13.8. The molecule has 38 heavy (non-hydrogen) atoms. The van der Waals surface area contributed by atoms with Gasteiger partial charge in [0.05, 0.1) is 0 Å². The van der Waals surface area contributed by atoms with E-state index in [2.05, 4.69) is 20.7 Å². The van der Waals surface area contributed by atoms with Gasteiger partial charge in [-0.05, 0) is 73.0 Å². The molecule has 1 aliphatic carbocycles. The van der Waals surface area contributed by atoms with Gasteiger partial charge in [0.2, 0.25) is 11.7 Å². The van der Waals surface area contributed by atoms with Gasteiger partial charge in [-0.25, -0.2) is 4.39 Å². The van der Waals surface area contributed by atoms with Gasteiger partial charge in [0.25, 0.3) is 5.91 Å². The topological polar surface area (TPSA) is 126 Å². The van der Waals surface area contributed by atoms with E-state index < -0.39 is 23.7 Å². The molecule has 2 N–H and O–H groups in total. The number of tetrazole rings is 1. The number of rotatable bonds is 8. The molecule has 1 saturated carbocycles. The first kappa shape index (κ1) is 25.1. The van der Waals surface area contributed by atoms with Crippen LogP contribution in [0.25, 0.3) is 11.6 Å². The largest absolute Gasteiger partial charge is 0.508 e. The average Bonchev–Trinajstić information content (AvgIpc) is 3.66. The third-order valence-electron chi connectivity index (χ3n) is 6.46. The van der Waals surface area contributed by atoms with Gasteiger partial charge in [-0.2, -0.15) is 4.80 Å². The molecule has 5 rings (SSSR count). The maximum atomic E-state index is 14.3. The van der Waals surface area contributed by atoms with Crippen molar-refractivity contribution < 1.29 is 23.5 Å². The molecule has 0 aliphatic heterocycles. The molecule has 0 radical (unpaired) electrons. The molecule has 0 unspecified atom stereocenters. The Labute approximate surface area is 218 Å². The number of phenolic OH excluding ortho intramolecular Hbond substituents is 1. The van der Waals surface area contributed by atoms with E-state index in [9.17, 15) is 19.1 Å². The summed E-state index contributed by atoms with van der Waals surface area (Å²) in [4.78, 5) is 29.9. The molecule has 2 amide bonds.